The molecule has 1 aliphatic rings. The fourth-order valence-electron chi connectivity index (χ4n) is 2.46. The number of benzene rings is 1. The summed E-state index contributed by atoms with van der Waals surface area (Å²) in [7, 11) is 0. The molecular formula is C14H19ClFN. The number of rotatable bonds is 3. The van der Waals surface area contributed by atoms with Crippen molar-refractivity contribution in [2.75, 3.05) is 19.6 Å². The summed E-state index contributed by atoms with van der Waals surface area (Å²) in [6.45, 7) is 5.41. The number of nitrogens with zero attached hydrogens (tertiary/aromatic N) is 1. The Morgan fingerprint density at radius 2 is 2.12 bits per heavy atom. The van der Waals surface area contributed by atoms with E-state index in [2.05, 4.69) is 11.8 Å². The summed E-state index contributed by atoms with van der Waals surface area (Å²) < 4.78 is 12.8. The topological polar surface area (TPSA) is 3.24 Å². The number of hydrogen-bond acceptors (Lipinski definition) is 1. The molecule has 2 unspecified atom stereocenters. The van der Waals surface area contributed by atoms with Crippen molar-refractivity contribution in [3.05, 3.63) is 35.6 Å². The first-order valence-corrected chi connectivity index (χ1v) is 6.70. The van der Waals surface area contributed by atoms with Gasteiger partial charge in [0.15, 0.2) is 0 Å². The molecule has 0 aromatic heterocycles. The van der Waals surface area contributed by atoms with E-state index in [1.807, 2.05) is 0 Å². The molecule has 2 atom stereocenters. The number of halogens is 2. The van der Waals surface area contributed by atoms with Crippen LogP contribution in [0, 0.1) is 11.7 Å². The van der Waals surface area contributed by atoms with Crippen LogP contribution in [0.15, 0.2) is 24.3 Å². The molecule has 1 heterocycles. The molecule has 0 saturated carbocycles. The first-order valence-electron chi connectivity index (χ1n) is 6.27. The van der Waals surface area contributed by atoms with Gasteiger partial charge in [0.2, 0.25) is 0 Å². The van der Waals surface area contributed by atoms with E-state index in [4.69, 9.17) is 11.6 Å². The predicted octanol–water partition coefficient (Wildman–Crippen LogP) is 3.84. The highest BCUT2D eigenvalue weighted by atomic mass is 35.5. The van der Waals surface area contributed by atoms with Crippen LogP contribution in [-0.4, -0.2) is 24.5 Å². The number of piperidine rings is 1. The first kappa shape index (κ1) is 12.8. The molecule has 0 bridgehead atoms. The molecule has 1 saturated heterocycles. The lowest BCUT2D eigenvalue weighted by Gasteiger charge is -2.32. The average molecular weight is 256 g/mol. The molecule has 1 aromatic carbocycles. The van der Waals surface area contributed by atoms with Gasteiger partial charge in [-0.15, -0.1) is 11.6 Å². The van der Waals surface area contributed by atoms with Gasteiger partial charge in [0.25, 0.3) is 0 Å². The van der Waals surface area contributed by atoms with Crippen molar-refractivity contribution in [2.45, 2.75) is 25.1 Å². The molecule has 2 rings (SSSR count). The molecule has 0 radical (unpaired) electrons. The summed E-state index contributed by atoms with van der Waals surface area (Å²) in [6, 6.07) is 6.51. The molecule has 0 spiro atoms. The number of alkyl halides is 1. The van der Waals surface area contributed by atoms with Gasteiger partial charge in [-0.25, -0.2) is 4.39 Å². The van der Waals surface area contributed by atoms with E-state index in [0.717, 1.165) is 31.1 Å². The van der Waals surface area contributed by atoms with Gasteiger partial charge < -0.3 is 4.90 Å². The van der Waals surface area contributed by atoms with Gasteiger partial charge in [-0.2, -0.15) is 0 Å². The van der Waals surface area contributed by atoms with Crippen LogP contribution < -0.4 is 0 Å². The Kier molecular flexibility index (Phi) is 4.41. The van der Waals surface area contributed by atoms with Gasteiger partial charge in [-0.1, -0.05) is 19.1 Å². The Morgan fingerprint density at radius 1 is 1.41 bits per heavy atom. The second-order valence-electron chi connectivity index (χ2n) is 5.03. The third-order valence-corrected chi connectivity index (χ3v) is 3.78. The van der Waals surface area contributed by atoms with E-state index in [1.165, 1.54) is 25.0 Å². The summed E-state index contributed by atoms with van der Waals surface area (Å²) in [5, 5.41) is -0.0408. The minimum Gasteiger partial charge on any atom is -0.301 e. The highest BCUT2D eigenvalue weighted by Crippen LogP contribution is 2.24. The lowest BCUT2D eigenvalue weighted by Crippen LogP contribution is -2.36. The normalized spacial score (nSPS) is 23.6. The average Bonchev–Trinajstić information content (AvgIpc) is 2.29. The maximum absolute atomic E-state index is 12.8. The molecule has 94 valence electrons. The second kappa shape index (κ2) is 5.83. The molecule has 0 amide bonds. The summed E-state index contributed by atoms with van der Waals surface area (Å²) in [6.07, 6.45) is 2.58. The van der Waals surface area contributed by atoms with Crippen molar-refractivity contribution >= 4 is 11.6 Å². The van der Waals surface area contributed by atoms with Crippen LogP contribution in [0.1, 0.15) is 30.7 Å². The van der Waals surface area contributed by atoms with Crippen LogP contribution in [0.5, 0.6) is 0 Å². The van der Waals surface area contributed by atoms with E-state index in [1.54, 1.807) is 12.1 Å². The second-order valence-corrected chi connectivity index (χ2v) is 5.55. The summed E-state index contributed by atoms with van der Waals surface area (Å²) in [4.78, 5) is 2.41. The zero-order valence-electron chi connectivity index (χ0n) is 10.2. The van der Waals surface area contributed by atoms with E-state index in [-0.39, 0.29) is 11.2 Å². The van der Waals surface area contributed by atoms with Gasteiger partial charge in [0.1, 0.15) is 5.82 Å². The smallest absolute Gasteiger partial charge is 0.123 e. The van der Waals surface area contributed by atoms with E-state index >= 15 is 0 Å². The maximum atomic E-state index is 12.8. The molecule has 1 fully saturated rings. The van der Waals surface area contributed by atoms with Crippen LogP contribution in [0.4, 0.5) is 4.39 Å². The van der Waals surface area contributed by atoms with Crippen molar-refractivity contribution in [1.29, 1.82) is 0 Å². The minimum atomic E-state index is -0.204. The quantitative estimate of drug-likeness (QED) is 0.742. The first-order chi connectivity index (χ1) is 8.15. The van der Waals surface area contributed by atoms with Crippen molar-refractivity contribution < 1.29 is 4.39 Å². The Morgan fingerprint density at radius 3 is 2.76 bits per heavy atom. The van der Waals surface area contributed by atoms with Crippen molar-refractivity contribution in [2.24, 2.45) is 5.92 Å². The minimum absolute atomic E-state index is 0.0408. The molecule has 1 aliphatic heterocycles. The molecule has 1 nitrogen and oxygen atoms in total. The maximum Gasteiger partial charge on any atom is 0.123 e. The predicted molar refractivity (Wildman–Crippen MR) is 69.8 cm³/mol. The van der Waals surface area contributed by atoms with Gasteiger partial charge in [0, 0.05) is 13.1 Å². The highest BCUT2D eigenvalue weighted by Gasteiger charge is 2.19. The molecule has 17 heavy (non-hydrogen) atoms. The SMILES string of the molecule is CC1CCCN(CC(Cl)c2ccc(F)cc2)C1. The third-order valence-electron chi connectivity index (χ3n) is 3.39. The van der Waals surface area contributed by atoms with Crippen LogP contribution in [0.2, 0.25) is 0 Å². The van der Waals surface area contributed by atoms with Gasteiger partial charge in [-0.05, 0) is 43.0 Å². The molecule has 0 N–H and O–H groups in total. The van der Waals surface area contributed by atoms with Crippen molar-refractivity contribution in [3.8, 4) is 0 Å². The Bertz CT molecular complexity index is 352. The lowest BCUT2D eigenvalue weighted by atomic mass is 10.00. The Hall–Kier alpha value is -0.600. The standard InChI is InChI=1S/C14H19ClFN/c1-11-3-2-8-17(9-11)10-14(15)12-4-6-13(16)7-5-12/h4-7,11,14H,2-3,8-10H2,1H3. The van der Waals surface area contributed by atoms with Crippen molar-refractivity contribution in [1.82, 2.24) is 4.90 Å². The largest absolute Gasteiger partial charge is 0.301 e. The summed E-state index contributed by atoms with van der Waals surface area (Å²) in [5.74, 6) is 0.560. The van der Waals surface area contributed by atoms with Gasteiger partial charge in [0.05, 0.1) is 5.38 Å². The lowest BCUT2D eigenvalue weighted by molar-refractivity contribution is 0.184. The number of hydrogen-bond donors (Lipinski definition) is 0. The Balaban J connectivity index is 1.91. The molecule has 1 aromatic rings. The third kappa shape index (κ3) is 3.68. The summed E-state index contributed by atoms with van der Waals surface area (Å²) in [5.41, 5.74) is 1.01. The van der Waals surface area contributed by atoms with E-state index in [0.29, 0.717) is 0 Å². The molecule has 3 heteroatoms. The zero-order chi connectivity index (χ0) is 12.3. The fraction of sp³-hybridized carbons (Fsp3) is 0.571. The van der Waals surface area contributed by atoms with Gasteiger partial charge >= 0.3 is 0 Å². The summed E-state index contributed by atoms with van der Waals surface area (Å²) >= 11 is 6.38. The fourth-order valence-corrected chi connectivity index (χ4v) is 2.80. The molecular weight excluding hydrogens is 237 g/mol. The van der Waals surface area contributed by atoms with Crippen LogP contribution >= 0.6 is 11.6 Å². The highest BCUT2D eigenvalue weighted by molar-refractivity contribution is 6.21. The van der Waals surface area contributed by atoms with Crippen molar-refractivity contribution in [3.63, 3.8) is 0 Å². The number of likely N-dealkylation sites (tertiary alicyclic amines) is 1. The van der Waals surface area contributed by atoms with E-state index in [9.17, 15) is 4.39 Å². The Labute approximate surface area is 108 Å². The molecule has 0 aliphatic carbocycles. The van der Waals surface area contributed by atoms with E-state index < -0.39 is 0 Å². The van der Waals surface area contributed by atoms with Crippen LogP contribution in [0.3, 0.4) is 0 Å². The monoisotopic (exact) mass is 255 g/mol. The van der Waals surface area contributed by atoms with Crippen LogP contribution in [-0.2, 0) is 0 Å². The van der Waals surface area contributed by atoms with Crippen LogP contribution in [0.25, 0.3) is 0 Å². The zero-order valence-corrected chi connectivity index (χ0v) is 11.0. The van der Waals surface area contributed by atoms with Gasteiger partial charge in [-0.3, -0.25) is 0 Å².